The van der Waals surface area contributed by atoms with Crippen LogP contribution in [0.25, 0.3) is 10.9 Å². The molecule has 3 fully saturated rings. The average Bonchev–Trinajstić information content (AvgIpc) is 3.62. The Balaban J connectivity index is 0.841. The number of nitrogens with zero attached hydrogens (tertiary/aromatic N) is 5. The Hall–Kier alpha value is -5.22. The van der Waals surface area contributed by atoms with E-state index in [-0.39, 0.29) is 36.5 Å². The van der Waals surface area contributed by atoms with Crippen LogP contribution in [0, 0.1) is 11.8 Å². The van der Waals surface area contributed by atoms with Gasteiger partial charge in [-0.05, 0) is 93.2 Å². The van der Waals surface area contributed by atoms with Crippen LogP contribution in [0.5, 0.6) is 5.75 Å². The number of benzene rings is 2. The van der Waals surface area contributed by atoms with Crippen molar-refractivity contribution in [3.8, 4) is 5.75 Å². The molecule has 0 atom stereocenters. The highest BCUT2D eigenvalue weighted by Gasteiger charge is 2.33. The van der Waals surface area contributed by atoms with Gasteiger partial charge in [0, 0.05) is 62.5 Å². The molecule has 2 aromatic heterocycles. The van der Waals surface area contributed by atoms with Crippen LogP contribution in [-0.4, -0.2) is 83.4 Å². The van der Waals surface area contributed by atoms with Crippen molar-refractivity contribution in [2.75, 3.05) is 50.2 Å². The fourth-order valence-corrected chi connectivity index (χ4v) is 7.98. The van der Waals surface area contributed by atoms with E-state index < -0.39 is 23.8 Å². The summed E-state index contributed by atoms with van der Waals surface area (Å²) in [6.45, 7) is 2.81. The SMILES string of the molecule is COc1cc2nn(C3CCC(COCCC4CCN(C(=O)c5ccc(Cl)c(N6CCC(=O)NC6=O)c5)CC4)CC3)cc2cc1NC(=O)c1cccc(C(F)(F)F)n1. The molecule has 5 amide bonds. The van der Waals surface area contributed by atoms with Gasteiger partial charge in [0.2, 0.25) is 5.91 Å². The molecule has 17 heteroatoms. The Labute approximate surface area is 331 Å². The number of carbonyl (C=O) groups is 4. The number of carbonyl (C=O) groups excluding carboxylic acids is 4. The predicted octanol–water partition coefficient (Wildman–Crippen LogP) is 7.50. The summed E-state index contributed by atoms with van der Waals surface area (Å²) >= 11 is 6.36. The highest BCUT2D eigenvalue weighted by Crippen LogP contribution is 2.36. The Morgan fingerprint density at radius 3 is 2.47 bits per heavy atom. The van der Waals surface area contributed by atoms with Gasteiger partial charge in [0.1, 0.15) is 17.1 Å². The van der Waals surface area contributed by atoms with Crippen molar-refractivity contribution >= 4 is 57.6 Å². The summed E-state index contributed by atoms with van der Waals surface area (Å²) in [5, 5.41) is 10.8. The number of halogens is 4. The number of methoxy groups -OCH3 is 1. The monoisotopic (exact) mass is 809 g/mol. The number of likely N-dealkylation sites (tertiary alicyclic amines) is 1. The van der Waals surface area contributed by atoms with Gasteiger partial charge in [0.05, 0.1) is 35.1 Å². The van der Waals surface area contributed by atoms with Crippen molar-refractivity contribution in [3.05, 3.63) is 76.7 Å². The van der Waals surface area contributed by atoms with Crippen LogP contribution in [0.3, 0.4) is 0 Å². The lowest BCUT2D eigenvalue weighted by atomic mass is 9.86. The van der Waals surface area contributed by atoms with E-state index in [1.165, 1.54) is 18.1 Å². The number of urea groups is 1. The van der Waals surface area contributed by atoms with Crippen molar-refractivity contribution in [3.63, 3.8) is 0 Å². The Bertz CT molecular complexity index is 2150. The molecule has 1 saturated carbocycles. The van der Waals surface area contributed by atoms with Gasteiger partial charge in [0.15, 0.2) is 0 Å². The maximum Gasteiger partial charge on any atom is 0.433 e. The van der Waals surface area contributed by atoms with Crippen LogP contribution in [0.4, 0.5) is 29.3 Å². The molecule has 2 aromatic carbocycles. The average molecular weight is 810 g/mol. The van der Waals surface area contributed by atoms with Gasteiger partial charge in [-0.15, -0.1) is 0 Å². The first-order valence-electron chi connectivity index (χ1n) is 19.1. The Kier molecular flexibility index (Phi) is 12.0. The number of amides is 5. The zero-order valence-electron chi connectivity index (χ0n) is 31.3. The van der Waals surface area contributed by atoms with E-state index in [0.29, 0.717) is 71.4 Å². The first-order chi connectivity index (χ1) is 27.4. The molecule has 3 aliphatic rings. The highest BCUT2D eigenvalue weighted by atomic mass is 35.5. The summed E-state index contributed by atoms with van der Waals surface area (Å²) in [7, 11) is 1.44. The van der Waals surface area contributed by atoms with Crippen LogP contribution >= 0.6 is 11.6 Å². The number of imide groups is 1. The summed E-state index contributed by atoms with van der Waals surface area (Å²) in [5.41, 5.74) is 0.312. The van der Waals surface area contributed by atoms with Crippen LogP contribution in [0.15, 0.2) is 54.7 Å². The largest absolute Gasteiger partial charge is 0.494 e. The molecule has 0 radical (unpaired) electrons. The molecular formula is C40H43ClF3N7O6. The minimum Gasteiger partial charge on any atom is -0.494 e. The molecule has 302 valence electrons. The first kappa shape index (κ1) is 40.0. The van der Waals surface area contributed by atoms with E-state index in [9.17, 15) is 32.3 Å². The molecule has 57 heavy (non-hydrogen) atoms. The van der Waals surface area contributed by atoms with E-state index in [1.807, 2.05) is 15.8 Å². The van der Waals surface area contributed by atoms with E-state index in [1.54, 1.807) is 30.3 Å². The number of hydrogen-bond acceptors (Lipinski definition) is 8. The quantitative estimate of drug-likeness (QED) is 0.148. The van der Waals surface area contributed by atoms with Gasteiger partial charge in [-0.2, -0.15) is 18.3 Å². The summed E-state index contributed by atoms with van der Waals surface area (Å²) in [6, 6.07) is 11.1. The lowest BCUT2D eigenvalue weighted by molar-refractivity contribution is -0.141. The molecule has 4 heterocycles. The van der Waals surface area contributed by atoms with Crippen molar-refractivity contribution in [1.82, 2.24) is 25.0 Å². The maximum atomic E-state index is 13.4. The molecule has 0 spiro atoms. The third-order valence-corrected chi connectivity index (χ3v) is 11.3. The smallest absolute Gasteiger partial charge is 0.433 e. The third kappa shape index (κ3) is 9.33. The standard InChI is InChI=1S/C40H43ClF3N7O6/c1-56-34-21-31-27(19-32(34)46-37(53)30-3-2-4-35(45-30)40(42,43)44)22-51(48-31)28-8-5-25(6-9-28)23-57-18-14-24-11-15-49(16-12-24)38(54)26-7-10-29(41)33(20-26)50-17-13-36(52)47-39(50)55/h2-4,7,10,19-22,24-25,28H,5-6,8-9,11-18,23H2,1H3,(H,46,53)(H,47,52,55). The van der Waals surface area contributed by atoms with Crippen molar-refractivity contribution in [2.45, 2.75) is 63.6 Å². The van der Waals surface area contributed by atoms with E-state index in [4.69, 9.17) is 26.2 Å². The summed E-state index contributed by atoms with van der Waals surface area (Å²) in [4.78, 5) is 56.8. The van der Waals surface area contributed by atoms with Crippen LogP contribution < -0.4 is 20.3 Å². The van der Waals surface area contributed by atoms with E-state index >= 15 is 0 Å². The molecule has 2 N–H and O–H groups in total. The lowest BCUT2D eigenvalue weighted by Crippen LogP contribution is -2.49. The highest BCUT2D eigenvalue weighted by molar-refractivity contribution is 6.34. The second-order valence-electron chi connectivity index (χ2n) is 14.8. The number of ether oxygens (including phenoxy) is 2. The van der Waals surface area contributed by atoms with Gasteiger partial charge in [-0.1, -0.05) is 17.7 Å². The minimum atomic E-state index is -4.67. The zero-order valence-corrected chi connectivity index (χ0v) is 32.1. The summed E-state index contributed by atoms with van der Waals surface area (Å²) in [5.74, 6) is -0.0181. The van der Waals surface area contributed by atoms with E-state index in [2.05, 4.69) is 15.6 Å². The van der Waals surface area contributed by atoms with Gasteiger partial charge in [-0.3, -0.25) is 29.3 Å². The Morgan fingerprint density at radius 1 is 0.982 bits per heavy atom. The third-order valence-electron chi connectivity index (χ3n) is 11.0. The molecule has 0 bridgehead atoms. The summed E-state index contributed by atoms with van der Waals surface area (Å²) < 4.78 is 53.0. The topological polar surface area (TPSA) is 148 Å². The second kappa shape index (κ2) is 17.1. The van der Waals surface area contributed by atoms with Crippen molar-refractivity contribution in [2.24, 2.45) is 11.8 Å². The molecule has 2 saturated heterocycles. The molecule has 1 aliphatic carbocycles. The number of piperidine rings is 1. The number of aromatic nitrogens is 3. The van der Waals surface area contributed by atoms with Gasteiger partial charge in [-0.25, -0.2) is 9.78 Å². The van der Waals surface area contributed by atoms with Crippen LogP contribution in [-0.2, 0) is 15.7 Å². The number of hydrogen-bond donors (Lipinski definition) is 2. The number of nitrogens with one attached hydrogen (secondary N) is 2. The number of alkyl halides is 3. The normalized spacial score (nSPS) is 19.5. The maximum absolute atomic E-state index is 13.4. The van der Waals surface area contributed by atoms with Gasteiger partial charge in [0.25, 0.3) is 11.8 Å². The molecule has 4 aromatic rings. The zero-order chi connectivity index (χ0) is 40.3. The minimum absolute atomic E-state index is 0.113. The molecule has 2 aliphatic heterocycles. The fraction of sp³-hybridized carbons (Fsp3) is 0.450. The molecule has 13 nitrogen and oxygen atoms in total. The molecule has 7 rings (SSSR count). The second-order valence-corrected chi connectivity index (χ2v) is 15.2. The van der Waals surface area contributed by atoms with Crippen molar-refractivity contribution < 1.29 is 41.8 Å². The fourth-order valence-electron chi connectivity index (χ4n) is 7.76. The van der Waals surface area contributed by atoms with Crippen LogP contribution in [0.2, 0.25) is 5.02 Å². The Morgan fingerprint density at radius 2 is 1.75 bits per heavy atom. The molecular weight excluding hydrogens is 767 g/mol. The van der Waals surface area contributed by atoms with Gasteiger partial charge >= 0.3 is 12.2 Å². The number of pyridine rings is 1. The number of fused-ring (bicyclic) bond motifs is 1. The van der Waals surface area contributed by atoms with Crippen LogP contribution in [0.1, 0.15) is 83.9 Å². The molecule has 0 unspecified atom stereocenters. The predicted molar refractivity (Wildman–Crippen MR) is 205 cm³/mol. The number of anilines is 2. The first-order valence-corrected chi connectivity index (χ1v) is 19.4. The lowest BCUT2D eigenvalue weighted by Gasteiger charge is -2.33. The van der Waals surface area contributed by atoms with Crippen molar-refractivity contribution in [1.29, 1.82) is 0 Å². The number of rotatable bonds is 11. The van der Waals surface area contributed by atoms with E-state index in [0.717, 1.165) is 62.5 Å². The van der Waals surface area contributed by atoms with Gasteiger partial charge < -0.3 is 19.7 Å². The summed E-state index contributed by atoms with van der Waals surface area (Å²) in [6.07, 6.45) is 3.92.